The van der Waals surface area contributed by atoms with Crippen LogP contribution in [0.4, 0.5) is 0 Å². The van der Waals surface area contributed by atoms with Crippen LogP contribution in [0.1, 0.15) is 42.3 Å². The molecule has 22 heavy (non-hydrogen) atoms. The average Bonchev–Trinajstić information content (AvgIpc) is 2.55. The molecule has 1 atom stereocenters. The first kappa shape index (κ1) is 15.8. The van der Waals surface area contributed by atoms with Crippen molar-refractivity contribution in [3.8, 4) is 11.1 Å². The molecule has 0 saturated carbocycles. The lowest BCUT2D eigenvalue weighted by atomic mass is 10.0. The first-order valence-corrected chi connectivity index (χ1v) is 7.14. The second kappa shape index (κ2) is 6.89. The molecule has 0 aliphatic rings. The molecular weight excluding hydrogens is 280 g/mol. The van der Waals surface area contributed by atoms with Crippen LogP contribution in [0.2, 0.25) is 0 Å². The number of benzene rings is 2. The Balaban J connectivity index is 2.14. The predicted molar refractivity (Wildman–Crippen MR) is 83.6 cm³/mol. The molecule has 2 rings (SSSR count). The molecule has 0 heterocycles. The summed E-state index contributed by atoms with van der Waals surface area (Å²) in [6.45, 7) is 3.60. The molecule has 1 unspecified atom stereocenters. The van der Waals surface area contributed by atoms with Crippen molar-refractivity contribution in [3.05, 3.63) is 59.7 Å². The SMILES string of the molecule is CCC(=O)OC(C)c1ccc(-c2ccc(C(=O)O)cc2)cc1. The molecule has 4 nitrogen and oxygen atoms in total. The first-order valence-electron chi connectivity index (χ1n) is 7.14. The van der Waals surface area contributed by atoms with Crippen molar-refractivity contribution < 1.29 is 19.4 Å². The van der Waals surface area contributed by atoms with Gasteiger partial charge in [-0.2, -0.15) is 0 Å². The van der Waals surface area contributed by atoms with Crippen LogP contribution in [0, 0.1) is 0 Å². The molecule has 0 aromatic heterocycles. The summed E-state index contributed by atoms with van der Waals surface area (Å²) in [5.74, 6) is -1.16. The summed E-state index contributed by atoms with van der Waals surface area (Å²) in [6, 6.07) is 14.4. The second-order valence-corrected chi connectivity index (χ2v) is 4.99. The molecule has 0 amide bonds. The zero-order chi connectivity index (χ0) is 16.1. The fourth-order valence-corrected chi connectivity index (χ4v) is 2.10. The Morgan fingerprint density at radius 2 is 1.50 bits per heavy atom. The number of carbonyl (C=O) groups excluding carboxylic acids is 1. The van der Waals surface area contributed by atoms with E-state index in [1.165, 1.54) is 0 Å². The highest BCUT2D eigenvalue weighted by molar-refractivity contribution is 5.88. The van der Waals surface area contributed by atoms with Crippen LogP contribution in [0.25, 0.3) is 11.1 Å². The number of carboxylic acid groups (broad SMARTS) is 1. The van der Waals surface area contributed by atoms with Crippen LogP contribution in [-0.2, 0) is 9.53 Å². The van der Waals surface area contributed by atoms with Gasteiger partial charge >= 0.3 is 11.9 Å². The zero-order valence-corrected chi connectivity index (χ0v) is 12.6. The van der Waals surface area contributed by atoms with E-state index in [0.717, 1.165) is 16.7 Å². The third-order valence-electron chi connectivity index (χ3n) is 3.44. The first-order chi connectivity index (χ1) is 10.5. The Morgan fingerprint density at radius 3 is 1.95 bits per heavy atom. The third-order valence-corrected chi connectivity index (χ3v) is 3.44. The highest BCUT2D eigenvalue weighted by Gasteiger charge is 2.10. The minimum Gasteiger partial charge on any atom is -0.478 e. The van der Waals surface area contributed by atoms with Crippen molar-refractivity contribution in [1.82, 2.24) is 0 Å². The largest absolute Gasteiger partial charge is 0.478 e. The molecule has 4 heteroatoms. The molecule has 114 valence electrons. The maximum absolute atomic E-state index is 11.3. The summed E-state index contributed by atoms with van der Waals surface area (Å²) < 4.78 is 5.27. The van der Waals surface area contributed by atoms with Crippen molar-refractivity contribution >= 4 is 11.9 Å². The second-order valence-electron chi connectivity index (χ2n) is 4.99. The van der Waals surface area contributed by atoms with Crippen molar-refractivity contribution in [3.63, 3.8) is 0 Å². The monoisotopic (exact) mass is 298 g/mol. The number of hydrogen-bond acceptors (Lipinski definition) is 3. The lowest BCUT2D eigenvalue weighted by Crippen LogP contribution is -2.07. The molecule has 0 spiro atoms. The Hall–Kier alpha value is -2.62. The van der Waals surface area contributed by atoms with Crippen LogP contribution >= 0.6 is 0 Å². The fourth-order valence-electron chi connectivity index (χ4n) is 2.10. The Morgan fingerprint density at radius 1 is 1.00 bits per heavy atom. The van der Waals surface area contributed by atoms with Gasteiger partial charge in [-0.3, -0.25) is 4.79 Å². The molecule has 0 aliphatic heterocycles. The summed E-state index contributed by atoms with van der Waals surface area (Å²) in [5, 5.41) is 8.89. The standard InChI is InChI=1S/C18H18O4/c1-3-17(19)22-12(2)13-4-6-14(7-5-13)15-8-10-16(11-9-15)18(20)21/h4-12H,3H2,1-2H3,(H,20,21). The van der Waals surface area contributed by atoms with Gasteiger partial charge in [0.05, 0.1) is 5.56 Å². The summed E-state index contributed by atoms with van der Waals surface area (Å²) in [5.41, 5.74) is 3.11. The van der Waals surface area contributed by atoms with Crippen LogP contribution in [0.5, 0.6) is 0 Å². The van der Waals surface area contributed by atoms with Gasteiger partial charge in [0, 0.05) is 6.42 Å². The lowest BCUT2D eigenvalue weighted by molar-refractivity contribution is -0.148. The van der Waals surface area contributed by atoms with E-state index < -0.39 is 5.97 Å². The summed E-state index contributed by atoms with van der Waals surface area (Å²) in [7, 11) is 0. The van der Waals surface area contributed by atoms with Crippen LogP contribution in [0.3, 0.4) is 0 Å². The van der Waals surface area contributed by atoms with Gasteiger partial charge in [0.2, 0.25) is 0 Å². The third kappa shape index (κ3) is 3.73. The molecule has 0 bridgehead atoms. The Bertz CT molecular complexity index is 656. The maximum Gasteiger partial charge on any atom is 0.335 e. The van der Waals surface area contributed by atoms with Crippen LogP contribution < -0.4 is 0 Å². The van der Waals surface area contributed by atoms with Gasteiger partial charge < -0.3 is 9.84 Å². The maximum atomic E-state index is 11.3. The minimum absolute atomic E-state index is 0.221. The Kier molecular flexibility index (Phi) is 4.94. The fraction of sp³-hybridized carbons (Fsp3) is 0.222. The van der Waals surface area contributed by atoms with E-state index in [1.807, 2.05) is 31.2 Å². The smallest absolute Gasteiger partial charge is 0.335 e. The number of esters is 1. The van der Waals surface area contributed by atoms with Gasteiger partial charge in [0.25, 0.3) is 0 Å². The molecule has 2 aromatic rings. The molecule has 0 radical (unpaired) electrons. The predicted octanol–water partition coefficient (Wildman–Crippen LogP) is 4.07. The van der Waals surface area contributed by atoms with Crippen molar-refractivity contribution in [2.45, 2.75) is 26.4 Å². The van der Waals surface area contributed by atoms with Crippen LogP contribution in [-0.4, -0.2) is 17.0 Å². The van der Waals surface area contributed by atoms with E-state index >= 15 is 0 Å². The molecule has 1 N–H and O–H groups in total. The number of hydrogen-bond donors (Lipinski definition) is 1. The number of rotatable bonds is 5. The van der Waals surface area contributed by atoms with Gasteiger partial charge in [0.1, 0.15) is 6.10 Å². The molecule has 2 aromatic carbocycles. The van der Waals surface area contributed by atoms with Gasteiger partial charge in [-0.1, -0.05) is 43.3 Å². The molecular formula is C18H18O4. The van der Waals surface area contributed by atoms with Crippen molar-refractivity contribution in [2.24, 2.45) is 0 Å². The number of carbonyl (C=O) groups is 2. The highest BCUT2D eigenvalue weighted by atomic mass is 16.5. The van der Waals surface area contributed by atoms with Gasteiger partial charge in [-0.15, -0.1) is 0 Å². The van der Waals surface area contributed by atoms with E-state index in [-0.39, 0.29) is 17.6 Å². The van der Waals surface area contributed by atoms with Crippen molar-refractivity contribution in [1.29, 1.82) is 0 Å². The molecule has 0 saturated heterocycles. The zero-order valence-electron chi connectivity index (χ0n) is 12.6. The minimum atomic E-state index is -0.937. The molecule has 0 fully saturated rings. The quantitative estimate of drug-likeness (QED) is 0.845. The number of aromatic carboxylic acids is 1. The van der Waals surface area contributed by atoms with Gasteiger partial charge in [0.15, 0.2) is 0 Å². The lowest BCUT2D eigenvalue weighted by Gasteiger charge is -2.13. The van der Waals surface area contributed by atoms with E-state index in [1.54, 1.807) is 31.2 Å². The van der Waals surface area contributed by atoms with Gasteiger partial charge in [-0.05, 0) is 35.7 Å². The average molecular weight is 298 g/mol. The number of ether oxygens (including phenoxy) is 1. The number of carboxylic acids is 1. The topological polar surface area (TPSA) is 63.6 Å². The van der Waals surface area contributed by atoms with Gasteiger partial charge in [-0.25, -0.2) is 4.79 Å². The summed E-state index contributed by atoms with van der Waals surface area (Å²) in [4.78, 5) is 22.1. The van der Waals surface area contributed by atoms with E-state index in [2.05, 4.69) is 0 Å². The van der Waals surface area contributed by atoms with Crippen LogP contribution in [0.15, 0.2) is 48.5 Å². The molecule has 0 aliphatic carbocycles. The van der Waals surface area contributed by atoms with Crippen molar-refractivity contribution in [2.75, 3.05) is 0 Å². The van der Waals surface area contributed by atoms with E-state index in [0.29, 0.717) is 6.42 Å². The van der Waals surface area contributed by atoms with E-state index in [9.17, 15) is 9.59 Å². The summed E-state index contributed by atoms with van der Waals surface area (Å²) >= 11 is 0. The summed E-state index contributed by atoms with van der Waals surface area (Å²) in [6.07, 6.45) is 0.0779. The normalized spacial score (nSPS) is 11.7. The highest BCUT2D eigenvalue weighted by Crippen LogP contribution is 2.24. The Labute approximate surface area is 129 Å². The van der Waals surface area contributed by atoms with E-state index in [4.69, 9.17) is 9.84 Å².